The number of urea groups is 1. The van der Waals surface area contributed by atoms with Crippen molar-refractivity contribution in [1.29, 1.82) is 0 Å². The highest BCUT2D eigenvalue weighted by Crippen LogP contribution is 2.34. The first-order valence-corrected chi connectivity index (χ1v) is 9.53. The lowest BCUT2D eigenvalue weighted by Crippen LogP contribution is -2.41. The molecule has 6 heteroatoms. The van der Waals surface area contributed by atoms with Gasteiger partial charge in [-0.25, -0.2) is 9.78 Å². The number of pyridine rings is 1. The van der Waals surface area contributed by atoms with Gasteiger partial charge >= 0.3 is 6.03 Å². The van der Waals surface area contributed by atoms with Gasteiger partial charge in [0.1, 0.15) is 11.2 Å². The Morgan fingerprint density at radius 2 is 1.76 bits per heavy atom. The zero-order chi connectivity index (χ0) is 20.2. The van der Waals surface area contributed by atoms with Gasteiger partial charge in [-0.2, -0.15) is 0 Å². The van der Waals surface area contributed by atoms with E-state index in [9.17, 15) is 9.59 Å². The number of carbonyl (C=O) groups is 2. The molecule has 29 heavy (non-hydrogen) atoms. The zero-order valence-corrected chi connectivity index (χ0v) is 16.2. The number of nitrogens with zero attached hydrogens (tertiary/aromatic N) is 3. The van der Waals surface area contributed by atoms with Crippen LogP contribution in [-0.2, 0) is 16.9 Å². The summed E-state index contributed by atoms with van der Waals surface area (Å²) in [5.41, 5.74) is 2.18. The fraction of sp³-hybridized carbons (Fsp3) is 0.174. The van der Waals surface area contributed by atoms with Crippen LogP contribution in [0.15, 0.2) is 66.9 Å². The molecule has 6 nitrogen and oxygen atoms in total. The van der Waals surface area contributed by atoms with Gasteiger partial charge in [-0.05, 0) is 42.3 Å². The van der Waals surface area contributed by atoms with E-state index in [1.807, 2.05) is 78.2 Å². The van der Waals surface area contributed by atoms with Gasteiger partial charge in [0.2, 0.25) is 0 Å². The maximum atomic E-state index is 13.4. The number of imidazole rings is 1. The van der Waals surface area contributed by atoms with Crippen LogP contribution < -0.4 is 5.32 Å². The molecule has 0 spiro atoms. The van der Waals surface area contributed by atoms with Gasteiger partial charge in [-0.1, -0.05) is 48.5 Å². The predicted molar refractivity (Wildman–Crippen MR) is 110 cm³/mol. The third-order valence-electron chi connectivity index (χ3n) is 5.67. The molecule has 5 rings (SSSR count). The van der Waals surface area contributed by atoms with Gasteiger partial charge in [0, 0.05) is 11.9 Å². The van der Waals surface area contributed by atoms with E-state index in [2.05, 4.69) is 10.3 Å². The summed E-state index contributed by atoms with van der Waals surface area (Å²) in [5, 5.41) is 4.89. The van der Waals surface area contributed by atoms with Crippen LogP contribution in [0.3, 0.4) is 0 Å². The molecular formula is C23H20N4O2. The second-order valence-corrected chi connectivity index (χ2v) is 7.60. The molecule has 0 saturated carbocycles. The number of amides is 3. The topological polar surface area (TPSA) is 66.7 Å². The quantitative estimate of drug-likeness (QED) is 0.547. The predicted octanol–water partition coefficient (Wildman–Crippen LogP) is 3.76. The molecule has 0 radical (unpaired) electrons. The normalized spacial score (nSPS) is 19.3. The highest BCUT2D eigenvalue weighted by atomic mass is 16.2. The van der Waals surface area contributed by atoms with Crippen LogP contribution in [0.25, 0.3) is 16.4 Å². The molecular weight excluding hydrogens is 364 g/mol. The summed E-state index contributed by atoms with van der Waals surface area (Å²) in [7, 11) is 0. The number of imide groups is 1. The van der Waals surface area contributed by atoms with E-state index >= 15 is 0 Å². The maximum absolute atomic E-state index is 13.4. The summed E-state index contributed by atoms with van der Waals surface area (Å²) in [6.45, 7) is 3.89. The van der Waals surface area contributed by atoms with Crippen molar-refractivity contribution in [2.45, 2.75) is 25.9 Å². The number of fused-ring (bicyclic) bond motifs is 2. The molecule has 144 valence electrons. The number of hydrogen-bond donors (Lipinski definition) is 1. The van der Waals surface area contributed by atoms with Gasteiger partial charge in [-0.15, -0.1) is 0 Å². The number of rotatable bonds is 3. The first-order chi connectivity index (χ1) is 14.0. The molecule has 1 unspecified atom stereocenters. The molecule has 1 N–H and O–H groups in total. The Morgan fingerprint density at radius 3 is 2.59 bits per heavy atom. The minimum atomic E-state index is -1.12. The van der Waals surface area contributed by atoms with Crippen molar-refractivity contribution in [3.8, 4) is 0 Å². The standard InChI is InChI=1S/C23H20N4O2/c1-15-7-5-12-20-24-17(13-26(15)20)14-27-21(28)23(2,25-22(27)29)19-11-6-9-16-8-3-4-10-18(16)19/h3-13H,14H2,1-2H3,(H,25,29). The van der Waals surface area contributed by atoms with E-state index in [0.29, 0.717) is 5.69 Å². The molecule has 1 atom stereocenters. The average molecular weight is 384 g/mol. The van der Waals surface area contributed by atoms with Crippen molar-refractivity contribution in [2.24, 2.45) is 0 Å². The number of aryl methyl sites for hydroxylation is 1. The van der Waals surface area contributed by atoms with Gasteiger partial charge in [0.05, 0.1) is 12.2 Å². The van der Waals surface area contributed by atoms with Crippen LogP contribution in [0.2, 0.25) is 0 Å². The van der Waals surface area contributed by atoms with Gasteiger partial charge in [-0.3, -0.25) is 9.69 Å². The molecule has 1 saturated heterocycles. The fourth-order valence-electron chi connectivity index (χ4n) is 4.12. The Hall–Kier alpha value is -3.67. The van der Waals surface area contributed by atoms with Crippen LogP contribution >= 0.6 is 0 Å². The number of aromatic nitrogens is 2. The largest absolute Gasteiger partial charge is 0.325 e. The van der Waals surface area contributed by atoms with Crippen molar-refractivity contribution in [3.05, 3.63) is 83.8 Å². The molecule has 1 aliphatic rings. The Morgan fingerprint density at radius 1 is 1.00 bits per heavy atom. The van der Waals surface area contributed by atoms with Crippen molar-refractivity contribution in [1.82, 2.24) is 19.6 Å². The average Bonchev–Trinajstić information content (AvgIpc) is 3.23. The lowest BCUT2D eigenvalue weighted by molar-refractivity contribution is -0.131. The molecule has 4 aromatic rings. The molecule has 2 aromatic heterocycles. The third-order valence-corrected chi connectivity index (χ3v) is 5.67. The van der Waals surface area contributed by atoms with E-state index < -0.39 is 11.6 Å². The van der Waals surface area contributed by atoms with E-state index in [1.54, 1.807) is 6.92 Å². The summed E-state index contributed by atoms with van der Waals surface area (Å²) in [5.74, 6) is -0.271. The zero-order valence-electron chi connectivity index (χ0n) is 16.2. The van der Waals surface area contributed by atoms with Crippen molar-refractivity contribution in [2.75, 3.05) is 0 Å². The van der Waals surface area contributed by atoms with E-state index in [1.165, 1.54) is 4.90 Å². The molecule has 2 aromatic carbocycles. The lowest BCUT2D eigenvalue weighted by atomic mass is 9.88. The van der Waals surface area contributed by atoms with Crippen LogP contribution in [0.1, 0.15) is 23.9 Å². The third kappa shape index (κ3) is 2.60. The second kappa shape index (κ2) is 6.17. The lowest BCUT2D eigenvalue weighted by Gasteiger charge is -2.24. The molecule has 3 heterocycles. The summed E-state index contributed by atoms with van der Waals surface area (Å²) in [6.07, 6.45) is 1.87. The van der Waals surface area contributed by atoms with Crippen molar-refractivity contribution >= 4 is 28.4 Å². The highest BCUT2D eigenvalue weighted by molar-refractivity contribution is 6.09. The molecule has 1 fully saturated rings. The van der Waals surface area contributed by atoms with Crippen molar-refractivity contribution in [3.63, 3.8) is 0 Å². The van der Waals surface area contributed by atoms with E-state index in [0.717, 1.165) is 27.7 Å². The molecule has 0 aliphatic carbocycles. The second-order valence-electron chi connectivity index (χ2n) is 7.60. The molecule has 0 bridgehead atoms. The fourth-order valence-corrected chi connectivity index (χ4v) is 4.12. The van der Waals surface area contributed by atoms with Gasteiger partial charge < -0.3 is 9.72 Å². The minimum absolute atomic E-state index is 0.131. The first kappa shape index (κ1) is 17.4. The first-order valence-electron chi connectivity index (χ1n) is 9.53. The Balaban J connectivity index is 1.52. The van der Waals surface area contributed by atoms with Crippen LogP contribution in [0.5, 0.6) is 0 Å². The number of carbonyl (C=O) groups excluding carboxylic acids is 2. The van der Waals surface area contributed by atoms with E-state index in [-0.39, 0.29) is 12.5 Å². The summed E-state index contributed by atoms with van der Waals surface area (Å²) in [4.78, 5) is 31.9. The van der Waals surface area contributed by atoms with Crippen LogP contribution in [0, 0.1) is 6.92 Å². The molecule has 3 amide bonds. The Bertz CT molecular complexity index is 1290. The Kier molecular flexibility index (Phi) is 3.71. The monoisotopic (exact) mass is 384 g/mol. The summed E-state index contributed by atoms with van der Waals surface area (Å²) < 4.78 is 1.96. The number of benzene rings is 2. The number of nitrogens with one attached hydrogen (secondary N) is 1. The maximum Gasteiger partial charge on any atom is 0.325 e. The minimum Gasteiger partial charge on any atom is -0.319 e. The van der Waals surface area contributed by atoms with Crippen LogP contribution in [0.4, 0.5) is 4.79 Å². The highest BCUT2D eigenvalue weighted by Gasteiger charge is 2.49. The number of hydrogen-bond acceptors (Lipinski definition) is 3. The summed E-state index contributed by atoms with van der Waals surface area (Å²) in [6, 6.07) is 19.1. The van der Waals surface area contributed by atoms with E-state index in [4.69, 9.17) is 0 Å². The molecule has 1 aliphatic heterocycles. The Labute approximate surface area is 167 Å². The smallest absolute Gasteiger partial charge is 0.319 e. The SMILES string of the molecule is Cc1cccc2nc(CN3C(=O)NC(C)(c4cccc5ccccc45)C3=O)cn12. The summed E-state index contributed by atoms with van der Waals surface area (Å²) >= 11 is 0. The van der Waals surface area contributed by atoms with Gasteiger partial charge in [0.15, 0.2) is 0 Å². The van der Waals surface area contributed by atoms with Crippen molar-refractivity contribution < 1.29 is 9.59 Å². The van der Waals surface area contributed by atoms with Crippen LogP contribution in [-0.4, -0.2) is 26.2 Å². The van der Waals surface area contributed by atoms with Gasteiger partial charge in [0.25, 0.3) is 5.91 Å².